The summed E-state index contributed by atoms with van der Waals surface area (Å²) in [6.45, 7) is 15.2. The Kier molecular flexibility index (Phi) is 11.2. The molecule has 0 amide bonds. The van der Waals surface area contributed by atoms with Crippen molar-refractivity contribution >= 4 is 33.3 Å². The molecule has 0 aliphatic rings. The Morgan fingerprint density at radius 2 is 1.37 bits per heavy atom. The molecule has 38 heavy (non-hydrogen) atoms. The van der Waals surface area contributed by atoms with Crippen LogP contribution in [0.15, 0.2) is 35.2 Å². The van der Waals surface area contributed by atoms with Crippen LogP contribution < -0.4 is 9.62 Å². The second kappa shape index (κ2) is 13.0. The summed E-state index contributed by atoms with van der Waals surface area (Å²) in [5.74, 6) is -3.14. The second-order valence-corrected chi connectivity index (χ2v) is 11.5. The Hall–Kier alpha value is -3.28. The van der Waals surface area contributed by atoms with Gasteiger partial charge in [0.05, 0.1) is 16.1 Å². The first-order valence-electron chi connectivity index (χ1n) is 11.8. The summed E-state index contributed by atoms with van der Waals surface area (Å²) < 4.78 is 60.5. The molecule has 0 radical (unpaired) electrons. The number of alkyl halides is 3. The highest BCUT2D eigenvalue weighted by molar-refractivity contribution is 7.92. The topological polar surface area (TPSA) is 124 Å². The lowest BCUT2D eigenvalue weighted by Crippen LogP contribution is -2.32. The Morgan fingerprint density at radius 3 is 1.74 bits per heavy atom. The lowest BCUT2D eigenvalue weighted by molar-refractivity contribution is -0.192. The smallest absolute Gasteiger partial charge is 0.478 e. The van der Waals surface area contributed by atoms with Gasteiger partial charge in [-0.3, -0.25) is 4.72 Å². The molecule has 0 aliphatic heterocycles. The largest absolute Gasteiger partial charge is 0.490 e. The molecule has 0 atom stereocenters. The van der Waals surface area contributed by atoms with E-state index in [9.17, 15) is 31.5 Å². The summed E-state index contributed by atoms with van der Waals surface area (Å²) in [4.78, 5) is 23.2. The van der Waals surface area contributed by atoms with E-state index in [2.05, 4.69) is 37.3 Å². The minimum Gasteiger partial charge on any atom is -0.478 e. The van der Waals surface area contributed by atoms with Crippen molar-refractivity contribution in [1.29, 1.82) is 0 Å². The molecular weight excluding hydrogens is 525 g/mol. The van der Waals surface area contributed by atoms with Gasteiger partial charge in [-0.05, 0) is 61.9 Å². The molecule has 0 saturated carbocycles. The number of aliphatic carboxylic acids is 1. The number of carboxylic acids is 2. The van der Waals surface area contributed by atoms with E-state index in [4.69, 9.17) is 9.90 Å². The van der Waals surface area contributed by atoms with Crippen LogP contribution in [0.5, 0.6) is 0 Å². The van der Waals surface area contributed by atoms with Crippen molar-refractivity contribution in [1.82, 2.24) is 0 Å². The van der Waals surface area contributed by atoms with Gasteiger partial charge in [-0.15, -0.1) is 0 Å². The summed E-state index contributed by atoms with van der Waals surface area (Å²) in [7, 11) is -3.86. The Balaban J connectivity index is 0.000000905. The number of hydrogen-bond donors (Lipinski definition) is 3. The number of sulfonamides is 1. The summed E-state index contributed by atoms with van der Waals surface area (Å²) >= 11 is 0. The third kappa shape index (κ3) is 9.55. The van der Waals surface area contributed by atoms with E-state index >= 15 is 0 Å². The Morgan fingerprint density at radius 1 is 0.921 bits per heavy atom. The molecule has 12 heteroatoms. The van der Waals surface area contributed by atoms with Gasteiger partial charge in [0.2, 0.25) is 0 Å². The van der Waals surface area contributed by atoms with Crippen molar-refractivity contribution in [2.75, 3.05) is 22.7 Å². The van der Waals surface area contributed by atoms with E-state index in [0.29, 0.717) is 41.7 Å². The minimum absolute atomic E-state index is 0.0823. The summed E-state index contributed by atoms with van der Waals surface area (Å²) in [5, 5.41) is 17.0. The Bertz CT molecular complexity index is 1230. The minimum atomic E-state index is -5.08. The molecule has 0 bridgehead atoms. The Labute approximate surface area is 221 Å². The number of carbonyl (C=O) groups is 2. The molecule has 2 aromatic carbocycles. The molecule has 3 N–H and O–H groups in total. The lowest BCUT2D eigenvalue weighted by atomic mass is 10.1. The average Bonchev–Trinajstić information content (AvgIpc) is 2.70. The number of rotatable bonds is 9. The van der Waals surface area contributed by atoms with Crippen LogP contribution in [0.2, 0.25) is 0 Å². The maximum atomic E-state index is 13.1. The maximum Gasteiger partial charge on any atom is 0.490 e. The molecule has 2 aromatic rings. The fourth-order valence-electron chi connectivity index (χ4n) is 4.00. The molecule has 0 unspecified atom stereocenters. The second-order valence-electron chi connectivity index (χ2n) is 9.87. The van der Waals surface area contributed by atoms with Gasteiger partial charge >= 0.3 is 18.1 Å². The van der Waals surface area contributed by atoms with Crippen LogP contribution in [0, 0.1) is 32.6 Å². The highest BCUT2D eigenvalue weighted by Crippen LogP contribution is 2.29. The number of carboxylic acid groups (broad SMARTS) is 2. The fourth-order valence-corrected chi connectivity index (χ4v) is 5.50. The number of halogens is 3. The van der Waals surface area contributed by atoms with Gasteiger partial charge in [0, 0.05) is 18.8 Å². The van der Waals surface area contributed by atoms with Crippen LogP contribution in [0.1, 0.15) is 54.7 Å². The van der Waals surface area contributed by atoms with Crippen molar-refractivity contribution in [3.8, 4) is 0 Å². The maximum absolute atomic E-state index is 13.1. The number of hydrogen-bond acceptors (Lipinski definition) is 5. The quantitative estimate of drug-likeness (QED) is 0.351. The van der Waals surface area contributed by atoms with E-state index in [1.54, 1.807) is 26.0 Å². The monoisotopic (exact) mass is 560 g/mol. The molecule has 212 valence electrons. The van der Waals surface area contributed by atoms with Crippen LogP contribution in [-0.2, 0) is 14.8 Å². The molecule has 0 aliphatic carbocycles. The van der Waals surface area contributed by atoms with Crippen molar-refractivity contribution in [2.24, 2.45) is 11.8 Å². The van der Waals surface area contributed by atoms with E-state index in [1.807, 2.05) is 19.1 Å². The van der Waals surface area contributed by atoms with Crippen molar-refractivity contribution < 1.29 is 41.4 Å². The summed E-state index contributed by atoms with van der Waals surface area (Å²) in [6.07, 6.45) is -5.08. The van der Waals surface area contributed by atoms with Crippen molar-refractivity contribution in [2.45, 2.75) is 59.5 Å². The number of benzene rings is 2. The summed E-state index contributed by atoms with van der Waals surface area (Å²) in [5.41, 5.74) is 3.20. The van der Waals surface area contributed by atoms with Crippen LogP contribution in [-0.4, -0.2) is 49.8 Å². The molecule has 0 heterocycles. The standard InChI is InChI=1S/C24H34N2O4S.C2HF3O2/c1-15(2)13-26(14-16(3)4)22-9-8-20(12-21(22)24(27)28)25-31(29,30)23-18(6)10-17(5)11-19(23)7;3-2(4,5)1(6)7/h8-12,15-16,25H,13-14H2,1-7H3,(H,27,28);(H,6,7). The van der Waals surface area contributed by atoms with Crippen molar-refractivity contribution in [3.05, 3.63) is 52.6 Å². The highest BCUT2D eigenvalue weighted by atomic mass is 32.2. The van der Waals surface area contributed by atoms with Gasteiger partial charge in [0.1, 0.15) is 0 Å². The highest BCUT2D eigenvalue weighted by Gasteiger charge is 2.38. The number of nitrogens with one attached hydrogen (secondary N) is 1. The van der Waals surface area contributed by atoms with Gasteiger partial charge in [-0.1, -0.05) is 45.4 Å². The van der Waals surface area contributed by atoms with E-state index in [1.165, 1.54) is 6.07 Å². The van der Waals surface area contributed by atoms with Crippen LogP contribution in [0.25, 0.3) is 0 Å². The fraction of sp³-hybridized carbons (Fsp3) is 0.462. The molecule has 0 fully saturated rings. The van der Waals surface area contributed by atoms with Crippen molar-refractivity contribution in [3.63, 3.8) is 0 Å². The van der Waals surface area contributed by atoms with Gasteiger partial charge in [0.15, 0.2) is 0 Å². The van der Waals surface area contributed by atoms with Gasteiger partial charge < -0.3 is 15.1 Å². The molecule has 0 spiro atoms. The van der Waals surface area contributed by atoms with Gasteiger partial charge in [-0.2, -0.15) is 13.2 Å². The normalized spacial score (nSPS) is 11.7. The van der Waals surface area contributed by atoms with E-state index in [-0.39, 0.29) is 16.1 Å². The van der Waals surface area contributed by atoms with E-state index < -0.39 is 28.1 Å². The summed E-state index contributed by atoms with van der Waals surface area (Å²) in [6, 6.07) is 8.38. The number of aromatic carboxylic acids is 1. The van der Waals surface area contributed by atoms with Gasteiger partial charge in [-0.25, -0.2) is 18.0 Å². The SMILES string of the molecule is Cc1cc(C)c(S(=O)(=O)Nc2ccc(N(CC(C)C)CC(C)C)c(C(=O)O)c2)c(C)c1.O=C(O)C(F)(F)F. The number of nitrogens with zero attached hydrogens (tertiary/aromatic N) is 1. The van der Waals surface area contributed by atoms with Crippen LogP contribution in [0.4, 0.5) is 24.5 Å². The molecule has 8 nitrogen and oxygen atoms in total. The first-order chi connectivity index (χ1) is 17.3. The van der Waals surface area contributed by atoms with E-state index in [0.717, 1.165) is 5.56 Å². The zero-order chi connectivity index (χ0) is 29.6. The molecule has 0 saturated heterocycles. The molecular formula is C26H35F3N2O6S. The first kappa shape index (κ1) is 32.7. The predicted octanol–water partition coefficient (Wildman–Crippen LogP) is 5.86. The molecule has 0 aromatic heterocycles. The number of aryl methyl sites for hydroxylation is 3. The first-order valence-corrected chi connectivity index (χ1v) is 13.3. The average molecular weight is 561 g/mol. The number of anilines is 2. The zero-order valence-electron chi connectivity index (χ0n) is 22.5. The zero-order valence-corrected chi connectivity index (χ0v) is 23.3. The molecule has 2 rings (SSSR count). The third-order valence-electron chi connectivity index (χ3n) is 5.11. The predicted molar refractivity (Wildman–Crippen MR) is 140 cm³/mol. The third-order valence-corrected chi connectivity index (χ3v) is 6.79. The van der Waals surface area contributed by atoms with Gasteiger partial charge in [0.25, 0.3) is 10.0 Å². The van der Waals surface area contributed by atoms with Crippen LogP contribution >= 0.6 is 0 Å². The lowest BCUT2D eigenvalue weighted by Gasteiger charge is -2.30. The van der Waals surface area contributed by atoms with Crippen LogP contribution in [0.3, 0.4) is 0 Å².